The first-order valence-corrected chi connectivity index (χ1v) is 4.81. The summed E-state index contributed by atoms with van der Waals surface area (Å²) < 4.78 is 0. The van der Waals surface area contributed by atoms with E-state index in [1.807, 2.05) is 0 Å². The molecule has 0 spiro atoms. The molecule has 4 nitrogen and oxygen atoms in total. The van der Waals surface area contributed by atoms with E-state index in [1.165, 1.54) is 12.3 Å². The minimum absolute atomic E-state index is 0.114. The highest BCUT2D eigenvalue weighted by molar-refractivity contribution is 6.30. The number of H-pyrrole nitrogens is 1. The van der Waals surface area contributed by atoms with Crippen LogP contribution in [0.5, 0.6) is 0 Å². The van der Waals surface area contributed by atoms with E-state index >= 15 is 0 Å². The molecule has 3 N–H and O–H groups in total. The molecule has 1 atom stereocenters. The summed E-state index contributed by atoms with van der Waals surface area (Å²) in [5.74, 6) is 0. The summed E-state index contributed by atoms with van der Waals surface area (Å²) in [6, 6.07) is 1.52. The molecule has 0 aliphatic carbocycles. The third kappa shape index (κ3) is 1.56. The van der Waals surface area contributed by atoms with Gasteiger partial charge in [-0.25, -0.2) is 0 Å². The van der Waals surface area contributed by atoms with Crippen molar-refractivity contribution in [1.82, 2.24) is 10.3 Å². The van der Waals surface area contributed by atoms with Crippen molar-refractivity contribution in [2.24, 2.45) is 0 Å². The van der Waals surface area contributed by atoms with Crippen molar-refractivity contribution < 1.29 is 5.11 Å². The van der Waals surface area contributed by atoms with Gasteiger partial charge >= 0.3 is 0 Å². The largest absolute Gasteiger partial charge is 0.384 e. The van der Waals surface area contributed by atoms with E-state index in [-0.39, 0.29) is 10.6 Å². The minimum atomic E-state index is -0.895. The number of aromatic nitrogens is 1. The number of halogens is 1. The summed E-state index contributed by atoms with van der Waals surface area (Å²) in [5.41, 5.74) is -0.564. The molecule has 1 fully saturated rings. The maximum absolute atomic E-state index is 11.0. The number of pyridine rings is 1. The fourth-order valence-electron chi connectivity index (χ4n) is 1.65. The molecule has 76 valence electrons. The molecule has 0 radical (unpaired) electrons. The number of hydrogen-bond acceptors (Lipinski definition) is 3. The fourth-order valence-corrected chi connectivity index (χ4v) is 1.82. The first-order valence-electron chi connectivity index (χ1n) is 4.44. The van der Waals surface area contributed by atoms with Gasteiger partial charge in [0.2, 0.25) is 0 Å². The molecule has 1 aliphatic heterocycles. The maximum Gasteiger partial charge on any atom is 0.266 e. The summed E-state index contributed by atoms with van der Waals surface area (Å²) in [7, 11) is 0. The summed E-state index contributed by atoms with van der Waals surface area (Å²) in [6.45, 7) is 1.27. The predicted molar refractivity (Wildman–Crippen MR) is 53.5 cm³/mol. The van der Waals surface area contributed by atoms with Gasteiger partial charge in [0, 0.05) is 18.3 Å². The van der Waals surface area contributed by atoms with Crippen LogP contribution in [0.25, 0.3) is 0 Å². The van der Waals surface area contributed by atoms with Crippen LogP contribution < -0.4 is 10.9 Å². The summed E-state index contributed by atoms with van der Waals surface area (Å²) in [4.78, 5) is 13.5. The van der Waals surface area contributed by atoms with Crippen LogP contribution in [-0.2, 0) is 5.60 Å². The quantitative estimate of drug-likeness (QED) is 0.626. The lowest BCUT2D eigenvalue weighted by Gasteiger charge is -2.21. The van der Waals surface area contributed by atoms with Crippen LogP contribution in [0.4, 0.5) is 0 Å². The number of rotatable bonds is 1. The Morgan fingerprint density at radius 3 is 2.93 bits per heavy atom. The Morgan fingerprint density at radius 1 is 1.57 bits per heavy atom. The molecule has 1 saturated heterocycles. The average Bonchev–Trinajstić information content (AvgIpc) is 2.58. The van der Waals surface area contributed by atoms with Gasteiger partial charge in [-0.1, -0.05) is 11.6 Å². The van der Waals surface area contributed by atoms with Crippen LogP contribution in [0.2, 0.25) is 5.02 Å². The van der Waals surface area contributed by atoms with Gasteiger partial charge in [-0.05, 0) is 19.0 Å². The Balaban J connectivity index is 2.41. The summed E-state index contributed by atoms with van der Waals surface area (Å²) in [5, 5.41) is 13.3. The maximum atomic E-state index is 11.0. The van der Waals surface area contributed by atoms with E-state index in [9.17, 15) is 9.90 Å². The van der Waals surface area contributed by atoms with Crippen LogP contribution >= 0.6 is 11.6 Å². The Labute approximate surface area is 85.9 Å². The van der Waals surface area contributed by atoms with Crippen LogP contribution in [0, 0.1) is 0 Å². The number of hydrogen-bond donors (Lipinski definition) is 3. The van der Waals surface area contributed by atoms with E-state index in [2.05, 4.69) is 10.3 Å². The molecule has 0 aromatic carbocycles. The van der Waals surface area contributed by atoms with Crippen molar-refractivity contribution in [3.8, 4) is 0 Å². The summed E-state index contributed by atoms with van der Waals surface area (Å²) in [6.07, 6.45) is 2.15. The Bertz CT molecular complexity index is 396. The molecule has 0 bridgehead atoms. The first-order chi connectivity index (χ1) is 6.62. The standard InChI is InChI=1S/C9H11ClN2O2/c10-7-3-6(4-12-8(7)13)9(14)1-2-11-5-9/h3-4,11,14H,1-2,5H2,(H,12,13). The highest BCUT2D eigenvalue weighted by Gasteiger charge is 2.33. The van der Waals surface area contributed by atoms with Crippen molar-refractivity contribution in [3.05, 3.63) is 33.2 Å². The van der Waals surface area contributed by atoms with Gasteiger partial charge in [-0.15, -0.1) is 0 Å². The van der Waals surface area contributed by atoms with Gasteiger partial charge in [0.1, 0.15) is 10.6 Å². The lowest BCUT2D eigenvalue weighted by atomic mass is 9.95. The Hall–Kier alpha value is -0.840. The van der Waals surface area contributed by atoms with E-state index in [4.69, 9.17) is 11.6 Å². The molecule has 1 unspecified atom stereocenters. The van der Waals surface area contributed by atoms with Crippen LogP contribution in [0.15, 0.2) is 17.1 Å². The van der Waals surface area contributed by atoms with E-state index in [0.717, 1.165) is 6.54 Å². The Kier molecular flexibility index (Phi) is 2.34. The fraction of sp³-hybridized carbons (Fsp3) is 0.444. The molecule has 2 rings (SSSR count). The number of β-amino-alcohol motifs (C(OH)–C–C–N with tert-alkyl or cyclic N) is 1. The van der Waals surface area contributed by atoms with Gasteiger partial charge in [0.25, 0.3) is 5.56 Å². The molecule has 0 saturated carbocycles. The minimum Gasteiger partial charge on any atom is -0.384 e. The van der Waals surface area contributed by atoms with E-state index < -0.39 is 5.60 Å². The first kappa shape index (κ1) is 9.71. The average molecular weight is 215 g/mol. The zero-order valence-electron chi connectivity index (χ0n) is 7.51. The number of aliphatic hydroxyl groups is 1. The molecular weight excluding hydrogens is 204 g/mol. The predicted octanol–water partition coefficient (Wildman–Crippen LogP) is 0.209. The second-order valence-electron chi connectivity index (χ2n) is 3.52. The number of aromatic amines is 1. The number of nitrogens with one attached hydrogen (secondary N) is 2. The molecule has 1 aromatic rings. The van der Waals surface area contributed by atoms with Crippen molar-refractivity contribution in [1.29, 1.82) is 0 Å². The van der Waals surface area contributed by atoms with Crippen LogP contribution in [0.1, 0.15) is 12.0 Å². The van der Waals surface area contributed by atoms with Crippen LogP contribution in [-0.4, -0.2) is 23.2 Å². The van der Waals surface area contributed by atoms with Gasteiger partial charge in [-0.3, -0.25) is 4.79 Å². The third-order valence-electron chi connectivity index (χ3n) is 2.53. The van der Waals surface area contributed by atoms with Gasteiger partial charge in [-0.2, -0.15) is 0 Å². The molecule has 1 aromatic heterocycles. The normalized spacial score (nSPS) is 26.7. The molecule has 2 heterocycles. The smallest absolute Gasteiger partial charge is 0.266 e. The topological polar surface area (TPSA) is 65.1 Å². The molecule has 1 aliphatic rings. The van der Waals surface area contributed by atoms with Crippen molar-refractivity contribution >= 4 is 11.6 Å². The van der Waals surface area contributed by atoms with Crippen molar-refractivity contribution in [2.75, 3.05) is 13.1 Å². The lowest BCUT2D eigenvalue weighted by Crippen LogP contribution is -2.29. The highest BCUT2D eigenvalue weighted by Crippen LogP contribution is 2.27. The zero-order valence-corrected chi connectivity index (χ0v) is 8.27. The second-order valence-corrected chi connectivity index (χ2v) is 3.93. The van der Waals surface area contributed by atoms with Crippen LogP contribution in [0.3, 0.4) is 0 Å². The SMILES string of the molecule is O=c1[nH]cc(C2(O)CCNC2)cc1Cl. The third-order valence-corrected chi connectivity index (χ3v) is 2.81. The van der Waals surface area contributed by atoms with Gasteiger partial charge in [0.15, 0.2) is 0 Å². The van der Waals surface area contributed by atoms with Gasteiger partial charge in [0.05, 0.1) is 0 Å². The summed E-state index contributed by atoms with van der Waals surface area (Å²) >= 11 is 5.68. The molecule has 14 heavy (non-hydrogen) atoms. The molecular formula is C9H11ClN2O2. The lowest BCUT2D eigenvalue weighted by molar-refractivity contribution is 0.0583. The molecule has 0 amide bonds. The second kappa shape index (κ2) is 3.38. The van der Waals surface area contributed by atoms with Crippen molar-refractivity contribution in [3.63, 3.8) is 0 Å². The highest BCUT2D eigenvalue weighted by atomic mass is 35.5. The zero-order chi connectivity index (χ0) is 10.2. The van der Waals surface area contributed by atoms with E-state index in [0.29, 0.717) is 18.5 Å². The van der Waals surface area contributed by atoms with Crippen molar-refractivity contribution in [2.45, 2.75) is 12.0 Å². The van der Waals surface area contributed by atoms with Gasteiger partial charge < -0.3 is 15.4 Å². The monoisotopic (exact) mass is 214 g/mol. The molecule has 5 heteroatoms. The van der Waals surface area contributed by atoms with E-state index in [1.54, 1.807) is 0 Å². The Morgan fingerprint density at radius 2 is 2.36 bits per heavy atom.